The molecule has 0 saturated heterocycles. The van der Waals surface area contributed by atoms with E-state index >= 15 is 0 Å². The van der Waals surface area contributed by atoms with Crippen LogP contribution in [0.4, 0.5) is 5.69 Å². The summed E-state index contributed by atoms with van der Waals surface area (Å²) in [6.07, 6.45) is 2.14. The van der Waals surface area contributed by atoms with Crippen LogP contribution in [0.2, 0.25) is 0 Å². The molecule has 0 aliphatic heterocycles. The molecule has 0 bridgehead atoms. The average molecular weight is 235 g/mol. The van der Waals surface area contributed by atoms with Gasteiger partial charge >= 0.3 is 0 Å². The summed E-state index contributed by atoms with van der Waals surface area (Å²) in [4.78, 5) is 13.8. The van der Waals surface area contributed by atoms with Crippen LogP contribution in [0.15, 0.2) is 17.1 Å². The molecule has 1 fully saturated rings. The monoisotopic (exact) mass is 235 g/mol. The Morgan fingerprint density at radius 1 is 1.65 bits per heavy atom. The zero-order valence-electron chi connectivity index (χ0n) is 10.1. The first kappa shape index (κ1) is 11.6. The summed E-state index contributed by atoms with van der Waals surface area (Å²) in [6, 6.07) is 2.02. The van der Waals surface area contributed by atoms with Gasteiger partial charge in [0.25, 0.3) is 5.91 Å². The summed E-state index contributed by atoms with van der Waals surface area (Å²) in [7, 11) is 3.54. The van der Waals surface area contributed by atoms with E-state index in [1.165, 1.54) is 0 Å². The zero-order valence-corrected chi connectivity index (χ0v) is 10.1. The van der Waals surface area contributed by atoms with Crippen molar-refractivity contribution in [3.8, 4) is 0 Å². The summed E-state index contributed by atoms with van der Waals surface area (Å²) in [5.74, 6) is 0.613. The fraction of sp³-hybridized carbons (Fsp3) is 0.417. The molecule has 1 aliphatic carbocycles. The number of hydrogen-bond donors (Lipinski definition) is 2. The lowest BCUT2D eigenvalue weighted by Gasteiger charge is -2.13. The van der Waals surface area contributed by atoms with E-state index < -0.39 is 0 Å². The minimum atomic E-state index is -0.114. The Morgan fingerprint density at radius 2 is 2.29 bits per heavy atom. The SMILES string of the molecule is C=C(N)c1oc(C(=O)N(C)C2CC2)cc1NC. The maximum Gasteiger partial charge on any atom is 0.289 e. The highest BCUT2D eigenvalue weighted by Crippen LogP contribution is 2.29. The van der Waals surface area contributed by atoms with Gasteiger partial charge in [-0.05, 0) is 12.8 Å². The van der Waals surface area contributed by atoms with Crippen molar-refractivity contribution in [1.82, 2.24) is 4.90 Å². The third-order valence-electron chi connectivity index (χ3n) is 2.92. The minimum Gasteiger partial charge on any atom is -0.447 e. The Balaban J connectivity index is 2.26. The Hall–Kier alpha value is -1.91. The number of nitrogens with two attached hydrogens (primary N) is 1. The lowest BCUT2D eigenvalue weighted by molar-refractivity contribution is 0.0753. The van der Waals surface area contributed by atoms with Crippen molar-refractivity contribution >= 4 is 17.3 Å². The second kappa shape index (κ2) is 4.16. The molecular formula is C12H17N3O2. The molecular weight excluding hydrogens is 218 g/mol. The van der Waals surface area contributed by atoms with Crippen molar-refractivity contribution in [3.63, 3.8) is 0 Å². The summed E-state index contributed by atoms with van der Waals surface area (Å²) in [5.41, 5.74) is 6.59. The normalized spacial score (nSPS) is 14.5. The van der Waals surface area contributed by atoms with Crippen LogP contribution in [0, 0.1) is 0 Å². The van der Waals surface area contributed by atoms with Crippen molar-refractivity contribution in [3.05, 3.63) is 24.2 Å². The van der Waals surface area contributed by atoms with Crippen LogP contribution < -0.4 is 11.1 Å². The predicted molar refractivity (Wildman–Crippen MR) is 66.6 cm³/mol. The van der Waals surface area contributed by atoms with Crippen LogP contribution in [0.1, 0.15) is 29.2 Å². The van der Waals surface area contributed by atoms with E-state index in [4.69, 9.17) is 10.2 Å². The molecule has 1 saturated carbocycles. The van der Waals surface area contributed by atoms with Gasteiger partial charge in [0.05, 0.1) is 11.4 Å². The number of furan rings is 1. The molecule has 1 aromatic rings. The third kappa shape index (κ3) is 2.13. The maximum absolute atomic E-state index is 12.1. The molecule has 1 aliphatic rings. The highest BCUT2D eigenvalue weighted by Gasteiger charge is 2.32. The highest BCUT2D eigenvalue weighted by molar-refractivity contribution is 5.93. The number of nitrogens with zero attached hydrogens (tertiary/aromatic N) is 1. The van der Waals surface area contributed by atoms with Gasteiger partial charge in [-0.15, -0.1) is 0 Å². The molecule has 92 valence electrons. The largest absolute Gasteiger partial charge is 0.447 e. The molecule has 0 aromatic carbocycles. The van der Waals surface area contributed by atoms with E-state index in [1.807, 2.05) is 0 Å². The van der Waals surface area contributed by atoms with E-state index in [9.17, 15) is 4.79 Å². The predicted octanol–water partition coefficient (Wildman–Crippen LogP) is 1.49. The number of carbonyl (C=O) groups excluding carboxylic acids is 1. The van der Waals surface area contributed by atoms with Gasteiger partial charge in [0.15, 0.2) is 11.5 Å². The standard InChI is InChI=1S/C12H17N3O2/c1-7(13)11-9(14-2)6-10(17-11)12(16)15(3)8-4-5-8/h6,8,14H,1,4-5,13H2,2-3H3. The molecule has 1 heterocycles. The van der Waals surface area contributed by atoms with Crippen molar-refractivity contribution in [2.45, 2.75) is 18.9 Å². The van der Waals surface area contributed by atoms with E-state index in [2.05, 4.69) is 11.9 Å². The van der Waals surface area contributed by atoms with Crippen molar-refractivity contribution in [2.75, 3.05) is 19.4 Å². The number of hydrogen-bond acceptors (Lipinski definition) is 4. The zero-order chi connectivity index (χ0) is 12.6. The second-order valence-corrected chi connectivity index (χ2v) is 4.28. The van der Waals surface area contributed by atoms with Gasteiger partial charge in [0.1, 0.15) is 0 Å². The Kier molecular flexibility index (Phi) is 2.83. The van der Waals surface area contributed by atoms with E-state index in [1.54, 1.807) is 25.1 Å². The van der Waals surface area contributed by atoms with Gasteiger partial charge in [-0.3, -0.25) is 4.79 Å². The van der Waals surface area contributed by atoms with Crippen LogP contribution in [0.5, 0.6) is 0 Å². The minimum absolute atomic E-state index is 0.114. The van der Waals surface area contributed by atoms with Crippen molar-refractivity contribution < 1.29 is 9.21 Å². The van der Waals surface area contributed by atoms with Crippen LogP contribution in [-0.4, -0.2) is 30.9 Å². The Labute approximate surface area is 100 Å². The van der Waals surface area contributed by atoms with Gasteiger partial charge < -0.3 is 20.4 Å². The molecule has 3 N–H and O–H groups in total. The Bertz CT molecular complexity index is 460. The fourth-order valence-electron chi connectivity index (χ4n) is 1.72. The quantitative estimate of drug-likeness (QED) is 0.829. The van der Waals surface area contributed by atoms with Gasteiger partial charge in [-0.2, -0.15) is 0 Å². The number of amides is 1. The first-order valence-corrected chi connectivity index (χ1v) is 5.58. The lowest BCUT2D eigenvalue weighted by atomic mass is 10.3. The molecule has 5 nitrogen and oxygen atoms in total. The van der Waals surface area contributed by atoms with Gasteiger partial charge in [0.2, 0.25) is 0 Å². The topological polar surface area (TPSA) is 71.5 Å². The van der Waals surface area contributed by atoms with Crippen molar-refractivity contribution in [2.24, 2.45) is 5.73 Å². The summed E-state index contributed by atoms with van der Waals surface area (Å²) in [5, 5.41) is 2.93. The smallest absolute Gasteiger partial charge is 0.289 e. The van der Waals surface area contributed by atoms with Crippen LogP contribution in [0.3, 0.4) is 0 Å². The van der Waals surface area contributed by atoms with E-state index in [0.717, 1.165) is 12.8 Å². The van der Waals surface area contributed by atoms with Crippen LogP contribution >= 0.6 is 0 Å². The summed E-state index contributed by atoms with van der Waals surface area (Å²) < 4.78 is 5.45. The first-order valence-electron chi connectivity index (χ1n) is 5.58. The lowest BCUT2D eigenvalue weighted by Crippen LogP contribution is -2.28. The molecule has 1 aromatic heterocycles. The van der Waals surface area contributed by atoms with Gasteiger partial charge in [-0.1, -0.05) is 6.58 Å². The molecule has 2 rings (SSSR count). The van der Waals surface area contributed by atoms with E-state index in [0.29, 0.717) is 28.9 Å². The van der Waals surface area contributed by atoms with Crippen molar-refractivity contribution in [1.29, 1.82) is 0 Å². The maximum atomic E-state index is 12.1. The van der Waals surface area contributed by atoms with Gasteiger partial charge in [0, 0.05) is 26.2 Å². The fourth-order valence-corrected chi connectivity index (χ4v) is 1.72. The Morgan fingerprint density at radius 3 is 2.71 bits per heavy atom. The van der Waals surface area contributed by atoms with E-state index in [-0.39, 0.29) is 5.91 Å². The number of nitrogens with one attached hydrogen (secondary N) is 1. The first-order chi connectivity index (χ1) is 8.04. The average Bonchev–Trinajstić information content (AvgIpc) is 3.05. The molecule has 0 radical (unpaired) electrons. The third-order valence-corrected chi connectivity index (χ3v) is 2.92. The second-order valence-electron chi connectivity index (χ2n) is 4.28. The molecule has 0 unspecified atom stereocenters. The number of carbonyl (C=O) groups is 1. The number of rotatable bonds is 4. The molecule has 0 atom stereocenters. The van der Waals surface area contributed by atoms with Crippen LogP contribution in [-0.2, 0) is 0 Å². The molecule has 5 heteroatoms. The number of anilines is 1. The highest BCUT2D eigenvalue weighted by atomic mass is 16.4. The summed E-state index contributed by atoms with van der Waals surface area (Å²) in [6.45, 7) is 3.62. The summed E-state index contributed by atoms with van der Waals surface area (Å²) >= 11 is 0. The molecule has 0 spiro atoms. The molecule has 1 amide bonds. The van der Waals surface area contributed by atoms with Gasteiger partial charge in [-0.25, -0.2) is 0 Å². The van der Waals surface area contributed by atoms with Crippen LogP contribution in [0.25, 0.3) is 5.70 Å². The molecule has 17 heavy (non-hydrogen) atoms.